The molecule has 2 aliphatic heterocycles. The van der Waals surface area contributed by atoms with E-state index < -0.39 is 24.3 Å². The lowest BCUT2D eigenvalue weighted by Crippen LogP contribution is -2.52. The van der Waals surface area contributed by atoms with Crippen molar-refractivity contribution < 1.29 is 33.4 Å². The van der Waals surface area contributed by atoms with Gasteiger partial charge in [0, 0.05) is 31.2 Å². The van der Waals surface area contributed by atoms with Crippen LogP contribution in [0, 0.1) is 11.8 Å². The predicted molar refractivity (Wildman–Crippen MR) is 199 cm³/mol. The Morgan fingerprint density at radius 3 is 1.92 bits per heavy atom. The van der Waals surface area contributed by atoms with Gasteiger partial charge < -0.3 is 40.2 Å². The molecule has 0 radical (unpaired) electrons. The maximum atomic E-state index is 13.5. The molecule has 3 aromatic rings. The quantitative estimate of drug-likeness (QED) is 0.204. The van der Waals surface area contributed by atoms with E-state index in [-0.39, 0.29) is 41.6 Å². The number of aromatic amines is 1. The lowest BCUT2D eigenvalue weighted by atomic mass is 10.0. The Morgan fingerprint density at radius 1 is 0.774 bits per heavy atom. The summed E-state index contributed by atoms with van der Waals surface area (Å²) in [6, 6.07) is 13.8. The molecule has 0 saturated carbocycles. The zero-order valence-electron chi connectivity index (χ0n) is 31.3. The van der Waals surface area contributed by atoms with E-state index in [1.165, 1.54) is 14.2 Å². The van der Waals surface area contributed by atoms with Crippen molar-refractivity contribution in [2.75, 3.05) is 33.9 Å². The van der Waals surface area contributed by atoms with Gasteiger partial charge in [-0.3, -0.25) is 14.4 Å². The highest BCUT2D eigenvalue weighted by Gasteiger charge is 2.37. The fraction of sp³-hybridized carbons (Fsp3) is 0.487. The van der Waals surface area contributed by atoms with Crippen molar-refractivity contribution in [3.63, 3.8) is 0 Å². The third-order valence-corrected chi connectivity index (χ3v) is 10.1. The molecule has 4 atom stereocenters. The highest BCUT2D eigenvalue weighted by atomic mass is 16.5. The van der Waals surface area contributed by atoms with Gasteiger partial charge in [0.05, 0.1) is 32.2 Å². The molecule has 4 N–H and O–H groups in total. The monoisotopic (exact) mass is 729 g/mol. The van der Waals surface area contributed by atoms with Crippen LogP contribution in [0.5, 0.6) is 0 Å². The minimum atomic E-state index is -0.742. The number of imidazole rings is 1. The molecule has 0 spiro atoms. The third kappa shape index (κ3) is 9.16. The van der Waals surface area contributed by atoms with Crippen molar-refractivity contribution in [2.45, 2.75) is 77.5 Å². The number of alkyl carbamates (subject to hydrolysis) is 2. The number of nitrogens with zero attached hydrogens (tertiary/aromatic N) is 3. The first kappa shape index (κ1) is 38.8. The minimum Gasteiger partial charge on any atom is -0.453 e. The molecule has 284 valence electrons. The number of hydrogen-bond donors (Lipinski definition) is 4. The van der Waals surface area contributed by atoms with Crippen LogP contribution in [0.1, 0.15) is 75.6 Å². The maximum Gasteiger partial charge on any atom is 0.407 e. The van der Waals surface area contributed by atoms with E-state index in [1.54, 1.807) is 11.1 Å². The average Bonchev–Trinajstić information content (AvgIpc) is 3.96. The second-order valence-corrected chi connectivity index (χ2v) is 14.3. The van der Waals surface area contributed by atoms with Crippen LogP contribution in [0.15, 0.2) is 54.7 Å². The number of nitrogens with one attached hydrogen (secondary N) is 4. The minimum absolute atomic E-state index is 0.0891. The fourth-order valence-electron chi connectivity index (χ4n) is 7.02. The van der Waals surface area contributed by atoms with Gasteiger partial charge in [-0.15, -0.1) is 0 Å². The number of benzene rings is 2. The fourth-order valence-corrected chi connectivity index (χ4v) is 7.02. The van der Waals surface area contributed by atoms with Gasteiger partial charge >= 0.3 is 12.2 Å². The van der Waals surface area contributed by atoms with Crippen LogP contribution in [-0.2, 0) is 19.1 Å². The standard InChI is InChI=1S/C39H51N7O7/c1-23(2)32(43-38(50)52-5)35(47)41-21-29-9-7-19-45(29)36(48)28-17-13-26(14-18-28)25-11-15-27(16-12-25)30-22-40-34(42-30)31-10-8-20-46(31)37(49)33(24(3)4)44-39(51)53-6/h11-18,22-24,29,31-33H,7-10,19-21H2,1-6H3,(H,40,42)(H,41,47)(H,43,50)(H,44,51)/t29-,31+,32+,33+/m1/s1. The highest BCUT2D eigenvalue weighted by molar-refractivity contribution is 5.95. The molecule has 2 aliphatic rings. The molecule has 5 rings (SSSR count). The summed E-state index contributed by atoms with van der Waals surface area (Å²) in [5.74, 6) is -0.109. The van der Waals surface area contributed by atoms with Crippen molar-refractivity contribution in [2.24, 2.45) is 11.8 Å². The largest absolute Gasteiger partial charge is 0.453 e. The van der Waals surface area contributed by atoms with E-state index in [2.05, 4.69) is 30.7 Å². The molecule has 1 aromatic heterocycles. The Morgan fingerprint density at radius 2 is 1.32 bits per heavy atom. The molecule has 0 bridgehead atoms. The number of likely N-dealkylation sites (tertiary alicyclic amines) is 2. The summed E-state index contributed by atoms with van der Waals surface area (Å²) < 4.78 is 9.39. The van der Waals surface area contributed by atoms with Gasteiger partial charge in [0.1, 0.15) is 17.9 Å². The van der Waals surface area contributed by atoms with E-state index in [4.69, 9.17) is 4.74 Å². The number of rotatable bonds is 12. The second kappa shape index (κ2) is 17.4. The zero-order valence-corrected chi connectivity index (χ0v) is 31.3. The Bertz CT molecular complexity index is 1760. The summed E-state index contributed by atoms with van der Waals surface area (Å²) in [6.07, 6.45) is 3.69. The normalized spacial score (nSPS) is 18.1. The summed E-state index contributed by atoms with van der Waals surface area (Å²) in [5.41, 5.74) is 4.29. The van der Waals surface area contributed by atoms with Crippen LogP contribution < -0.4 is 16.0 Å². The zero-order chi connectivity index (χ0) is 38.2. The first-order valence-corrected chi connectivity index (χ1v) is 18.3. The van der Waals surface area contributed by atoms with Gasteiger partial charge in [0.15, 0.2) is 0 Å². The van der Waals surface area contributed by atoms with Crippen molar-refractivity contribution in [3.8, 4) is 22.4 Å². The Balaban J connectivity index is 1.20. The van der Waals surface area contributed by atoms with Crippen LogP contribution in [0.2, 0.25) is 0 Å². The number of H-pyrrole nitrogens is 1. The van der Waals surface area contributed by atoms with Crippen molar-refractivity contribution in [1.29, 1.82) is 0 Å². The molecule has 2 aromatic carbocycles. The van der Waals surface area contributed by atoms with E-state index in [0.717, 1.165) is 48.1 Å². The van der Waals surface area contributed by atoms with Gasteiger partial charge in [-0.1, -0.05) is 64.1 Å². The number of amides is 5. The smallest absolute Gasteiger partial charge is 0.407 e. The topological polar surface area (TPSA) is 175 Å². The summed E-state index contributed by atoms with van der Waals surface area (Å²) in [5, 5.41) is 8.17. The van der Waals surface area contributed by atoms with Crippen molar-refractivity contribution in [3.05, 3.63) is 66.1 Å². The van der Waals surface area contributed by atoms with Gasteiger partial charge in [-0.2, -0.15) is 0 Å². The first-order valence-electron chi connectivity index (χ1n) is 18.3. The molecule has 2 fully saturated rings. The number of methoxy groups -OCH3 is 2. The average molecular weight is 730 g/mol. The maximum absolute atomic E-state index is 13.5. The van der Waals surface area contributed by atoms with Gasteiger partial charge in [-0.05, 0) is 66.3 Å². The Labute approximate surface area is 310 Å². The lowest BCUT2D eigenvalue weighted by molar-refractivity contribution is -0.135. The number of carbonyl (C=O) groups is 5. The van der Waals surface area contributed by atoms with Gasteiger partial charge in [0.25, 0.3) is 5.91 Å². The molecule has 5 amide bonds. The highest BCUT2D eigenvalue weighted by Crippen LogP contribution is 2.33. The SMILES string of the molecule is COC(=O)N[C@H](C(=O)NC[C@H]1CCCN1C(=O)c1ccc(-c2ccc(-c3cnc([C@@H]4CCCN4C(=O)[C@@H](NC(=O)OC)C(C)C)[nH]3)cc2)cc1)C(C)C. The molecular weight excluding hydrogens is 678 g/mol. The first-order chi connectivity index (χ1) is 25.4. The lowest BCUT2D eigenvalue weighted by Gasteiger charge is -2.30. The summed E-state index contributed by atoms with van der Waals surface area (Å²) in [4.78, 5) is 75.2. The third-order valence-electron chi connectivity index (χ3n) is 10.1. The molecule has 0 unspecified atom stereocenters. The summed E-state index contributed by atoms with van der Waals surface area (Å²) in [7, 11) is 2.53. The van der Waals surface area contributed by atoms with Crippen LogP contribution in [-0.4, -0.2) is 102 Å². The number of carbonyl (C=O) groups excluding carboxylic acids is 5. The molecule has 53 heavy (non-hydrogen) atoms. The number of hydrogen-bond acceptors (Lipinski definition) is 8. The van der Waals surface area contributed by atoms with E-state index in [9.17, 15) is 24.0 Å². The van der Waals surface area contributed by atoms with Crippen molar-refractivity contribution in [1.82, 2.24) is 35.7 Å². The number of aromatic nitrogens is 2. The molecule has 3 heterocycles. The molecule has 14 nitrogen and oxygen atoms in total. The van der Waals surface area contributed by atoms with E-state index in [1.807, 2.05) is 81.1 Å². The Kier molecular flexibility index (Phi) is 12.8. The van der Waals surface area contributed by atoms with Gasteiger partial charge in [-0.25, -0.2) is 14.6 Å². The Hall–Kier alpha value is -5.40. The summed E-state index contributed by atoms with van der Waals surface area (Å²) >= 11 is 0. The van der Waals surface area contributed by atoms with Crippen LogP contribution >= 0.6 is 0 Å². The van der Waals surface area contributed by atoms with Crippen molar-refractivity contribution >= 4 is 29.9 Å². The predicted octanol–water partition coefficient (Wildman–Crippen LogP) is 4.89. The van der Waals surface area contributed by atoms with E-state index >= 15 is 0 Å². The molecule has 0 aliphatic carbocycles. The van der Waals surface area contributed by atoms with Crippen LogP contribution in [0.3, 0.4) is 0 Å². The van der Waals surface area contributed by atoms with Gasteiger partial charge in [0.2, 0.25) is 11.8 Å². The van der Waals surface area contributed by atoms with E-state index in [0.29, 0.717) is 31.0 Å². The molecule has 2 saturated heterocycles. The summed E-state index contributed by atoms with van der Waals surface area (Å²) in [6.45, 7) is 8.94. The number of ether oxygens (including phenoxy) is 2. The second-order valence-electron chi connectivity index (χ2n) is 14.3. The molecule has 14 heteroatoms. The van der Waals surface area contributed by atoms with Crippen LogP contribution in [0.25, 0.3) is 22.4 Å². The van der Waals surface area contributed by atoms with Crippen LogP contribution in [0.4, 0.5) is 9.59 Å². The molecular formula is C39H51N7O7.